The van der Waals surface area contributed by atoms with Crippen molar-refractivity contribution in [2.24, 2.45) is 0 Å². The van der Waals surface area contributed by atoms with E-state index in [1.807, 2.05) is 0 Å². The topological polar surface area (TPSA) is 80.3 Å². The molecule has 2 N–H and O–H groups in total. The SMILES string of the molecule is CCOc1ncccc1C(=O)NNC(=O)c1ccc(Br)s1. The summed E-state index contributed by atoms with van der Waals surface area (Å²) in [6, 6.07) is 6.61. The number of hydrogen-bond donors (Lipinski definition) is 2. The predicted octanol–water partition coefficient (Wildman–Crippen LogP) is 2.38. The van der Waals surface area contributed by atoms with Crippen LogP contribution in [0.1, 0.15) is 27.0 Å². The van der Waals surface area contributed by atoms with Gasteiger partial charge in [0.25, 0.3) is 11.8 Å². The molecule has 0 aromatic carbocycles. The van der Waals surface area contributed by atoms with Crippen LogP contribution in [0.4, 0.5) is 0 Å². The lowest BCUT2D eigenvalue weighted by molar-refractivity contribution is 0.0846. The second-order valence-electron chi connectivity index (χ2n) is 3.80. The predicted molar refractivity (Wildman–Crippen MR) is 82.4 cm³/mol. The third-order valence-corrected chi connectivity index (χ3v) is 4.01. The number of hydrogen-bond acceptors (Lipinski definition) is 5. The van der Waals surface area contributed by atoms with Crippen LogP contribution in [0.3, 0.4) is 0 Å². The summed E-state index contributed by atoms with van der Waals surface area (Å²) in [7, 11) is 0. The zero-order valence-electron chi connectivity index (χ0n) is 11.1. The molecule has 6 nitrogen and oxygen atoms in total. The van der Waals surface area contributed by atoms with E-state index in [1.165, 1.54) is 17.5 Å². The first kappa shape index (κ1) is 15.5. The number of hydrazine groups is 1. The summed E-state index contributed by atoms with van der Waals surface area (Å²) in [5.74, 6) is -0.651. The van der Waals surface area contributed by atoms with Gasteiger partial charge in [-0.15, -0.1) is 11.3 Å². The molecule has 2 amide bonds. The first-order valence-corrected chi connectivity index (χ1v) is 7.66. The fraction of sp³-hybridized carbons (Fsp3) is 0.154. The smallest absolute Gasteiger partial charge is 0.279 e. The molecule has 0 unspecified atom stereocenters. The number of aromatic nitrogens is 1. The molecule has 0 saturated carbocycles. The summed E-state index contributed by atoms with van der Waals surface area (Å²) >= 11 is 4.54. The van der Waals surface area contributed by atoms with Crippen molar-refractivity contribution in [3.8, 4) is 5.88 Å². The summed E-state index contributed by atoms with van der Waals surface area (Å²) in [5.41, 5.74) is 4.94. The van der Waals surface area contributed by atoms with E-state index in [9.17, 15) is 9.59 Å². The van der Waals surface area contributed by atoms with Gasteiger partial charge < -0.3 is 4.74 Å². The second kappa shape index (κ2) is 7.19. The van der Waals surface area contributed by atoms with Gasteiger partial charge >= 0.3 is 0 Å². The molecule has 0 aliphatic carbocycles. The van der Waals surface area contributed by atoms with Crippen LogP contribution in [0.2, 0.25) is 0 Å². The van der Waals surface area contributed by atoms with E-state index < -0.39 is 5.91 Å². The molecular weight excluding hydrogens is 358 g/mol. The third-order valence-electron chi connectivity index (χ3n) is 2.38. The van der Waals surface area contributed by atoms with Crippen molar-refractivity contribution in [1.29, 1.82) is 0 Å². The van der Waals surface area contributed by atoms with Crippen molar-refractivity contribution >= 4 is 39.1 Å². The van der Waals surface area contributed by atoms with Crippen molar-refractivity contribution in [2.75, 3.05) is 6.61 Å². The molecule has 0 fully saturated rings. The Morgan fingerprint density at radius 2 is 2.05 bits per heavy atom. The largest absolute Gasteiger partial charge is 0.477 e. The number of amides is 2. The summed E-state index contributed by atoms with van der Waals surface area (Å²) < 4.78 is 6.10. The summed E-state index contributed by atoms with van der Waals surface area (Å²) in [5, 5.41) is 0. The van der Waals surface area contributed by atoms with E-state index in [-0.39, 0.29) is 17.4 Å². The highest BCUT2D eigenvalue weighted by molar-refractivity contribution is 9.11. The monoisotopic (exact) mass is 369 g/mol. The molecule has 0 aliphatic rings. The summed E-state index contributed by atoms with van der Waals surface area (Å²) in [4.78, 5) is 28.3. The van der Waals surface area contributed by atoms with Crippen LogP contribution in [0, 0.1) is 0 Å². The summed E-state index contributed by atoms with van der Waals surface area (Å²) in [6.07, 6.45) is 1.53. The lowest BCUT2D eigenvalue weighted by Crippen LogP contribution is -2.41. The molecule has 2 rings (SSSR count). The maximum atomic E-state index is 12.0. The lowest BCUT2D eigenvalue weighted by Gasteiger charge is -2.09. The van der Waals surface area contributed by atoms with Gasteiger partial charge in [-0.1, -0.05) is 0 Å². The van der Waals surface area contributed by atoms with Gasteiger partial charge in [0.2, 0.25) is 5.88 Å². The van der Waals surface area contributed by atoms with Gasteiger partial charge in [0.15, 0.2) is 0 Å². The zero-order valence-corrected chi connectivity index (χ0v) is 13.5. The minimum atomic E-state index is -0.490. The summed E-state index contributed by atoms with van der Waals surface area (Å²) in [6.45, 7) is 2.19. The molecule has 2 heterocycles. The highest BCUT2D eigenvalue weighted by Crippen LogP contribution is 2.21. The normalized spacial score (nSPS) is 10.0. The second-order valence-corrected chi connectivity index (χ2v) is 6.26. The standard InChI is InChI=1S/C13H12BrN3O3S/c1-2-20-13-8(4-3-7-15-13)11(18)16-17-12(19)9-5-6-10(14)21-9/h3-7H,2H2,1H3,(H,16,18)(H,17,19). The first-order chi connectivity index (χ1) is 10.1. The van der Waals surface area contributed by atoms with Gasteiger partial charge in [-0.25, -0.2) is 4.98 Å². The highest BCUT2D eigenvalue weighted by Gasteiger charge is 2.15. The Labute approximate surface area is 133 Å². The molecular formula is C13H12BrN3O3S. The zero-order chi connectivity index (χ0) is 15.2. The molecule has 21 heavy (non-hydrogen) atoms. The number of nitrogens with zero attached hydrogens (tertiary/aromatic N) is 1. The van der Waals surface area contributed by atoms with Crippen LogP contribution in [-0.2, 0) is 0 Å². The van der Waals surface area contributed by atoms with E-state index in [4.69, 9.17) is 4.74 Å². The van der Waals surface area contributed by atoms with Crippen molar-refractivity contribution in [3.63, 3.8) is 0 Å². The maximum absolute atomic E-state index is 12.0. The maximum Gasteiger partial charge on any atom is 0.279 e. The minimum absolute atomic E-state index is 0.227. The first-order valence-electron chi connectivity index (χ1n) is 6.05. The molecule has 0 spiro atoms. The van der Waals surface area contributed by atoms with Crippen molar-refractivity contribution in [2.45, 2.75) is 6.92 Å². The molecule has 0 aliphatic heterocycles. The van der Waals surface area contributed by atoms with Crippen molar-refractivity contribution < 1.29 is 14.3 Å². The number of rotatable bonds is 4. The number of carbonyl (C=O) groups is 2. The Morgan fingerprint density at radius 3 is 2.71 bits per heavy atom. The quantitative estimate of drug-likeness (QED) is 0.810. The number of thiophene rings is 1. The number of nitrogens with one attached hydrogen (secondary N) is 2. The Morgan fingerprint density at radius 1 is 1.29 bits per heavy atom. The molecule has 0 radical (unpaired) electrons. The Balaban J connectivity index is 2.00. The van der Waals surface area contributed by atoms with Gasteiger partial charge in [-0.2, -0.15) is 0 Å². The van der Waals surface area contributed by atoms with Gasteiger partial charge in [-0.05, 0) is 47.1 Å². The number of ether oxygens (including phenoxy) is 1. The highest BCUT2D eigenvalue weighted by atomic mass is 79.9. The molecule has 0 saturated heterocycles. The Bertz CT molecular complexity index is 660. The van der Waals surface area contributed by atoms with Crippen LogP contribution < -0.4 is 15.6 Å². The van der Waals surface area contributed by atoms with Gasteiger partial charge in [0.05, 0.1) is 15.3 Å². The van der Waals surface area contributed by atoms with Crippen LogP contribution >= 0.6 is 27.3 Å². The molecule has 110 valence electrons. The third kappa shape index (κ3) is 4.02. The van der Waals surface area contributed by atoms with Crippen LogP contribution in [0.15, 0.2) is 34.2 Å². The van der Waals surface area contributed by atoms with E-state index in [0.29, 0.717) is 11.5 Å². The average Bonchev–Trinajstić information content (AvgIpc) is 2.92. The molecule has 0 atom stereocenters. The van der Waals surface area contributed by atoms with Gasteiger partial charge in [0, 0.05) is 6.20 Å². The fourth-order valence-corrected chi connectivity index (χ4v) is 2.78. The molecule has 2 aromatic heterocycles. The van der Waals surface area contributed by atoms with Crippen LogP contribution in [0.25, 0.3) is 0 Å². The van der Waals surface area contributed by atoms with E-state index in [2.05, 4.69) is 31.8 Å². The van der Waals surface area contributed by atoms with Gasteiger partial charge in [-0.3, -0.25) is 20.4 Å². The average molecular weight is 370 g/mol. The molecule has 2 aromatic rings. The Hall–Kier alpha value is -1.93. The van der Waals surface area contributed by atoms with E-state index >= 15 is 0 Å². The lowest BCUT2D eigenvalue weighted by atomic mass is 10.2. The van der Waals surface area contributed by atoms with E-state index in [0.717, 1.165) is 3.79 Å². The molecule has 0 bridgehead atoms. The van der Waals surface area contributed by atoms with E-state index in [1.54, 1.807) is 31.2 Å². The molecule has 8 heteroatoms. The fourth-order valence-electron chi connectivity index (χ4n) is 1.49. The number of halogens is 1. The minimum Gasteiger partial charge on any atom is -0.477 e. The van der Waals surface area contributed by atoms with Crippen LogP contribution in [0.5, 0.6) is 5.88 Å². The van der Waals surface area contributed by atoms with Gasteiger partial charge in [0.1, 0.15) is 5.56 Å². The van der Waals surface area contributed by atoms with Crippen molar-refractivity contribution in [1.82, 2.24) is 15.8 Å². The number of carbonyl (C=O) groups excluding carboxylic acids is 2. The number of pyridine rings is 1. The Kier molecular flexibility index (Phi) is 5.29. The van der Waals surface area contributed by atoms with Crippen LogP contribution in [-0.4, -0.2) is 23.4 Å². The van der Waals surface area contributed by atoms with Crippen molar-refractivity contribution in [3.05, 3.63) is 44.7 Å².